The van der Waals surface area contributed by atoms with Crippen molar-refractivity contribution in [2.45, 2.75) is 57.5 Å². The summed E-state index contributed by atoms with van der Waals surface area (Å²) in [5.41, 5.74) is 0. The van der Waals surface area contributed by atoms with Gasteiger partial charge < -0.3 is 9.84 Å². The minimum atomic E-state index is 0.666. The van der Waals surface area contributed by atoms with Crippen LogP contribution in [0.15, 0.2) is 4.52 Å². The highest BCUT2D eigenvalue weighted by Gasteiger charge is 2.24. The Morgan fingerprint density at radius 3 is 2.75 bits per heavy atom. The first-order valence-electron chi connectivity index (χ1n) is 6.45. The van der Waals surface area contributed by atoms with Gasteiger partial charge in [0.1, 0.15) is 0 Å². The van der Waals surface area contributed by atoms with Crippen molar-refractivity contribution in [3.8, 4) is 0 Å². The van der Waals surface area contributed by atoms with Gasteiger partial charge in [-0.15, -0.1) is 0 Å². The third-order valence-corrected chi connectivity index (χ3v) is 3.58. The molecule has 1 heterocycles. The van der Waals surface area contributed by atoms with Gasteiger partial charge in [-0.25, -0.2) is 0 Å². The maximum absolute atomic E-state index is 5.23. The summed E-state index contributed by atoms with van der Waals surface area (Å²) in [4.78, 5) is 4.41. The Kier molecular flexibility index (Phi) is 2.91. The van der Waals surface area contributed by atoms with E-state index in [9.17, 15) is 0 Å². The van der Waals surface area contributed by atoms with E-state index in [2.05, 4.69) is 15.5 Å². The van der Waals surface area contributed by atoms with Crippen LogP contribution in [0.2, 0.25) is 0 Å². The second-order valence-corrected chi connectivity index (χ2v) is 5.11. The summed E-state index contributed by atoms with van der Waals surface area (Å²) in [5.74, 6) is 2.47. The van der Waals surface area contributed by atoms with Crippen LogP contribution in [0.3, 0.4) is 0 Å². The molecule has 0 saturated heterocycles. The lowest BCUT2D eigenvalue weighted by Crippen LogP contribution is -2.25. The Bertz CT molecular complexity index is 340. The van der Waals surface area contributed by atoms with Gasteiger partial charge in [-0.3, -0.25) is 0 Å². The molecule has 3 rings (SSSR count). The van der Waals surface area contributed by atoms with E-state index in [0.29, 0.717) is 6.04 Å². The smallest absolute Gasteiger partial charge is 0.240 e. The van der Waals surface area contributed by atoms with Gasteiger partial charge in [-0.1, -0.05) is 18.0 Å². The Morgan fingerprint density at radius 1 is 1.19 bits per heavy atom. The zero-order valence-electron chi connectivity index (χ0n) is 9.61. The minimum absolute atomic E-state index is 0.666. The Balaban J connectivity index is 1.47. The number of aromatic nitrogens is 2. The van der Waals surface area contributed by atoms with Gasteiger partial charge >= 0.3 is 0 Å². The first kappa shape index (κ1) is 10.3. The normalized spacial score (nSPS) is 21.8. The topological polar surface area (TPSA) is 51.0 Å². The maximum atomic E-state index is 5.23. The minimum Gasteiger partial charge on any atom is -0.338 e. The summed E-state index contributed by atoms with van der Waals surface area (Å²) in [7, 11) is 0. The van der Waals surface area contributed by atoms with Crippen molar-refractivity contribution in [1.29, 1.82) is 0 Å². The van der Waals surface area contributed by atoms with Gasteiger partial charge in [-0.05, 0) is 31.6 Å². The van der Waals surface area contributed by atoms with Gasteiger partial charge in [0.2, 0.25) is 5.89 Å². The predicted molar refractivity (Wildman–Crippen MR) is 59.8 cm³/mol. The van der Waals surface area contributed by atoms with Crippen molar-refractivity contribution in [2.24, 2.45) is 5.92 Å². The van der Waals surface area contributed by atoms with Crippen molar-refractivity contribution in [3.63, 3.8) is 0 Å². The summed E-state index contributed by atoms with van der Waals surface area (Å²) >= 11 is 0. The first-order chi connectivity index (χ1) is 7.90. The molecule has 1 N–H and O–H groups in total. The van der Waals surface area contributed by atoms with E-state index < -0.39 is 0 Å². The van der Waals surface area contributed by atoms with Crippen LogP contribution in [0.25, 0.3) is 0 Å². The average molecular weight is 221 g/mol. The second-order valence-electron chi connectivity index (χ2n) is 5.11. The molecule has 88 valence electrons. The number of nitrogens with zero attached hydrogens (tertiary/aromatic N) is 2. The van der Waals surface area contributed by atoms with Gasteiger partial charge in [0, 0.05) is 12.5 Å². The number of hydrogen-bond acceptors (Lipinski definition) is 4. The summed E-state index contributed by atoms with van der Waals surface area (Å²) in [5, 5.41) is 7.50. The number of hydrogen-bond donors (Lipinski definition) is 1. The molecule has 2 aliphatic carbocycles. The second kappa shape index (κ2) is 4.53. The van der Waals surface area contributed by atoms with E-state index in [1.807, 2.05) is 0 Å². The molecule has 0 aliphatic heterocycles. The molecule has 2 aliphatic rings. The zero-order valence-corrected chi connectivity index (χ0v) is 9.61. The fourth-order valence-corrected chi connectivity index (χ4v) is 2.39. The SMILES string of the molecule is C1CCC(NCc2nc(CC3CC3)no2)C1. The number of nitrogens with one attached hydrogen (secondary N) is 1. The number of rotatable bonds is 5. The monoisotopic (exact) mass is 221 g/mol. The fourth-order valence-electron chi connectivity index (χ4n) is 2.39. The lowest BCUT2D eigenvalue weighted by Gasteiger charge is -2.08. The maximum Gasteiger partial charge on any atom is 0.240 e. The van der Waals surface area contributed by atoms with Crippen molar-refractivity contribution in [1.82, 2.24) is 15.5 Å². The van der Waals surface area contributed by atoms with Crippen LogP contribution in [0.4, 0.5) is 0 Å². The third kappa shape index (κ3) is 2.61. The summed E-state index contributed by atoms with van der Waals surface area (Å²) in [6.45, 7) is 0.738. The van der Waals surface area contributed by atoms with Crippen LogP contribution in [-0.2, 0) is 13.0 Å². The molecule has 0 bridgehead atoms. The van der Waals surface area contributed by atoms with Crippen LogP contribution in [0.1, 0.15) is 50.2 Å². The molecule has 4 heteroatoms. The van der Waals surface area contributed by atoms with E-state index in [1.54, 1.807) is 0 Å². The van der Waals surface area contributed by atoms with E-state index in [0.717, 1.165) is 30.6 Å². The predicted octanol–water partition coefficient (Wildman–Crippen LogP) is 2.05. The van der Waals surface area contributed by atoms with E-state index in [1.165, 1.54) is 38.5 Å². The van der Waals surface area contributed by atoms with Crippen LogP contribution < -0.4 is 5.32 Å². The molecule has 0 spiro atoms. The lowest BCUT2D eigenvalue weighted by molar-refractivity contribution is 0.352. The molecule has 2 saturated carbocycles. The van der Waals surface area contributed by atoms with Crippen molar-refractivity contribution >= 4 is 0 Å². The molecule has 0 radical (unpaired) electrons. The molecule has 1 aromatic rings. The molecular weight excluding hydrogens is 202 g/mol. The molecule has 0 amide bonds. The van der Waals surface area contributed by atoms with Gasteiger partial charge in [0.15, 0.2) is 5.82 Å². The zero-order chi connectivity index (χ0) is 10.8. The summed E-state index contributed by atoms with van der Waals surface area (Å²) in [6, 6.07) is 0.666. The van der Waals surface area contributed by atoms with Gasteiger partial charge in [0.05, 0.1) is 6.54 Å². The fraction of sp³-hybridized carbons (Fsp3) is 0.833. The van der Waals surface area contributed by atoms with Crippen molar-refractivity contribution in [3.05, 3.63) is 11.7 Å². The summed E-state index contributed by atoms with van der Waals surface area (Å²) in [6.07, 6.45) is 8.98. The van der Waals surface area contributed by atoms with Crippen LogP contribution in [-0.4, -0.2) is 16.2 Å². The molecule has 1 aromatic heterocycles. The van der Waals surface area contributed by atoms with E-state index in [4.69, 9.17) is 4.52 Å². The highest BCUT2D eigenvalue weighted by atomic mass is 16.5. The quantitative estimate of drug-likeness (QED) is 0.826. The molecule has 4 nitrogen and oxygen atoms in total. The van der Waals surface area contributed by atoms with E-state index >= 15 is 0 Å². The highest BCUT2D eigenvalue weighted by Crippen LogP contribution is 2.31. The first-order valence-corrected chi connectivity index (χ1v) is 6.45. The van der Waals surface area contributed by atoms with Crippen LogP contribution in [0.5, 0.6) is 0 Å². The Hall–Kier alpha value is -0.900. The standard InChI is InChI=1S/C12H19N3O/c1-2-4-10(3-1)13-8-12-14-11(15-16-12)7-9-5-6-9/h9-10,13H,1-8H2. The molecule has 0 unspecified atom stereocenters. The molecule has 2 fully saturated rings. The Morgan fingerprint density at radius 2 is 2.00 bits per heavy atom. The molecular formula is C12H19N3O. The largest absolute Gasteiger partial charge is 0.338 e. The van der Waals surface area contributed by atoms with Gasteiger partial charge in [-0.2, -0.15) is 4.98 Å². The summed E-state index contributed by atoms with van der Waals surface area (Å²) < 4.78 is 5.23. The molecule has 16 heavy (non-hydrogen) atoms. The van der Waals surface area contributed by atoms with Crippen molar-refractivity contribution < 1.29 is 4.52 Å². The van der Waals surface area contributed by atoms with Crippen molar-refractivity contribution in [2.75, 3.05) is 0 Å². The van der Waals surface area contributed by atoms with Crippen LogP contribution in [0, 0.1) is 5.92 Å². The Labute approximate surface area is 95.8 Å². The highest BCUT2D eigenvalue weighted by molar-refractivity contribution is 4.92. The lowest BCUT2D eigenvalue weighted by atomic mass is 10.2. The molecule has 0 atom stereocenters. The molecule has 0 aromatic carbocycles. The third-order valence-electron chi connectivity index (χ3n) is 3.58. The van der Waals surface area contributed by atoms with Gasteiger partial charge in [0.25, 0.3) is 0 Å². The van der Waals surface area contributed by atoms with Crippen LogP contribution >= 0.6 is 0 Å². The van der Waals surface area contributed by atoms with E-state index in [-0.39, 0.29) is 0 Å². The average Bonchev–Trinajstić information content (AvgIpc) is 2.81.